The molecule has 1 aliphatic rings. The van der Waals surface area contributed by atoms with E-state index in [2.05, 4.69) is 0 Å². The monoisotopic (exact) mass is 243 g/mol. The van der Waals surface area contributed by atoms with E-state index < -0.39 is 23.5 Å². The fraction of sp³-hybridized carbons (Fsp3) is 0.818. The number of nitrogens with two attached hydrogens (primary N) is 1. The highest BCUT2D eigenvalue weighted by molar-refractivity contribution is 5.87. The van der Waals surface area contributed by atoms with Gasteiger partial charge in [-0.1, -0.05) is 0 Å². The summed E-state index contributed by atoms with van der Waals surface area (Å²) in [6, 6.07) is -0.556. The molecular weight excluding hydrogens is 222 g/mol. The molecule has 0 radical (unpaired) electrons. The molecule has 1 heterocycles. The van der Waals surface area contributed by atoms with E-state index >= 15 is 0 Å². The molecule has 0 bridgehead atoms. The zero-order valence-corrected chi connectivity index (χ0v) is 11.0. The van der Waals surface area contributed by atoms with Gasteiger partial charge in [-0.2, -0.15) is 0 Å². The molecule has 1 saturated heterocycles. The Bertz CT molecular complexity index is 333. The van der Waals surface area contributed by atoms with Gasteiger partial charge in [0.05, 0.1) is 6.61 Å². The Kier molecular flexibility index (Phi) is 3.38. The van der Waals surface area contributed by atoms with E-state index in [1.807, 2.05) is 0 Å². The van der Waals surface area contributed by atoms with Gasteiger partial charge in [-0.3, -0.25) is 10.3 Å². The van der Waals surface area contributed by atoms with Crippen LogP contribution in [0.4, 0.5) is 4.79 Å². The topological polar surface area (TPSA) is 88.6 Å². The number of hydrogen-bond acceptors (Lipinski definition) is 4. The van der Waals surface area contributed by atoms with E-state index in [4.69, 9.17) is 20.6 Å². The van der Waals surface area contributed by atoms with Crippen LogP contribution in [0.2, 0.25) is 0 Å². The highest BCUT2D eigenvalue weighted by Crippen LogP contribution is 2.29. The second-order valence-electron chi connectivity index (χ2n) is 5.58. The Morgan fingerprint density at radius 1 is 1.53 bits per heavy atom. The molecule has 6 nitrogen and oxygen atoms in total. The summed E-state index contributed by atoms with van der Waals surface area (Å²) < 4.78 is 10.8. The fourth-order valence-electron chi connectivity index (χ4n) is 1.69. The molecule has 0 aromatic heterocycles. The predicted molar refractivity (Wildman–Crippen MR) is 63.8 cm³/mol. The first-order valence-electron chi connectivity index (χ1n) is 5.55. The summed E-state index contributed by atoms with van der Waals surface area (Å²) in [5.74, 6) is -0.0959. The number of amides is 1. The largest absolute Gasteiger partial charge is 0.444 e. The quantitative estimate of drug-likeness (QED) is 0.536. The lowest BCUT2D eigenvalue weighted by molar-refractivity contribution is -0.0606. The molecular formula is C11H21N3O3. The van der Waals surface area contributed by atoms with Gasteiger partial charge in [0.25, 0.3) is 0 Å². The minimum atomic E-state index is -0.807. The summed E-state index contributed by atoms with van der Waals surface area (Å²) in [6.07, 6.45) is -0.514. The Morgan fingerprint density at radius 2 is 2.06 bits per heavy atom. The van der Waals surface area contributed by atoms with Crippen LogP contribution in [0.25, 0.3) is 0 Å². The lowest BCUT2D eigenvalue weighted by Crippen LogP contribution is -2.53. The summed E-state index contributed by atoms with van der Waals surface area (Å²) in [6.45, 7) is 9.09. The summed E-state index contributed by atoms with van der Waals surface area (Å²) in [7, 11) is 0. The van der Waals surface area contributed by atoms with Crippen LogP contribution in [0.1, 0.15) is 34.6 Å². The fourth-order valence-corrected chi connectivity index (χ4v) is 1.69. The van der Waals surface area contributed by atoms with Gasteiger partial charge in [0.1, 0.15) is 23.2 Å². The normalized spacial score (nSPS) is 23.6. The number of amidine groups is 1. The number of hydrogen-bond donors (Lipinski definition) is 2. The highest BCUT2D eigenvalue weighted by Gasteiger charge is 2.46. The van der Waals surface area contributed by atoms with Crippen molar-refractivity contribution in [2.75, 3.05) is 6.61 Å². The van der Waals surface area contributed by atoms with Crippen molar-refractivity contribution in [3.8, 4) is 0 Å². The Labute approximate surface area is 102 Å². The maximum absolute atomic E-state index is 12.1. The van der Waals surface area contributed by atoms with Crippen molar-refractivity contribution in [3.63, 3.8) is 0 Å². The van der Waals surface area contributed by atoms with Gasteiger partial charge in [0.2, 0.25) is 0 Å². The van der Waals surface area contributed by atoms with Gasteiger partial charge in [-0.05, 0) is 34.6 Å². The van der Waals surface area contributed by atoms with Gasteiger partial charge in [-0.25, -0.2) is 4.79 Å². The van der Waals surface area contributed by atoms with Crippen LogP contribution in [0.3, 0.4) is 0 Å². The maximum atomic E-state index is 12.1. The molecule has 1 fully saturated rings. The molecule has 1 aliphatic heterocycles. The van der Waals surface area contributed by atoms with Crippen molar-refractivity contribution < 1.29 is 14.3 Å². The summed E-state index contributed by atoms with van der Waals surface area (Å²) in [5, 5.41) is 7.47. The number of rotatable bonds is 1. The number of carbonyl (C=O) groups excluding carboxylic acids is 1. The van der Waals surface area contributed by atoms with Crippen molar-refractivity contribution in [2.45, 2.75) is 52.0 Å². The lowest BCUT2D eigenvalue weighted by Gasteiger charge is -2.34. The average molecular weight is 243 g/mol. The van der Waals surface area contributed by atoms with E-state index in [0.717, 1.165) is 0 Å². The average Bonchev–Trinajstić information content (AvgIpc) is 2.37. The molecule has 0 spiro atoms. The van der Waals surface area contributed by atoms with Crippen molar-refractivity contribution in [1.29, 1.82) is 5.41 Å². The highest BCUT2D eigenvalue weighted by atomic mass is 16.6. The predicted octanol–water partition coefficient (Wildman–Crippen LogP) is 1.29. The Morgan fingerprint density at radius 3 is 2.47 bits per heavy atom. The van der Waals surface area contributed by atoms with E-state index in [1.54, 1.807) is 34.6 Å². The molecule has 0 aromatic rings. The summed E-state index contributed by atoms with van der Waals surface area (Å²) >= 11 is 0. The summed E-state index contributed by atoms with van der Waals surface area (Å²) in [4.78, 5) is 13.4. The molecule has 0 unspecified atom stereocenters. The van der Waals surface area contributed by atoms with Crippen LogP contribution in [-0.2, 0) is 9.47 Å². The Hall–Kier alpha value is -1.30. The van der Waals surface area contributed by atoms with Crippen molar-refractivity contribution in [1.82, 2.24) is 4.90 Å². The maximum Gasteiger partial charge on any atom is 0.413 e. The SMILES string of the molecule is CC(C)(C)OC(=O)N1[C@H](C(=N)N)COC1(C)C. The van der Waals surface area contributed by atoms with E-state index in [-0.39, 0.29) is 12.4 Å². The number of carbonyl (C=O) groups is 1. The molecule has 3 N–H and O–H groups in total. The van der Waals surface area contributed by atoms with Gasteiger partial charge < -0.3 is 15.2 Å². The van der Waals surface area contributed by atoms with Gasteiger partial charge in [0.15, 0.2) is 0 Å². The van der Waals surface area contributed by atoms with Crippen molar-refractivity contribution in [3.05, 3.63) is 0 Å². The minimum Gasteiger partial charge on any atom is -0.444 e. The smallest absolute Gasteiger partial charge is 0.413 e. The molecule has 1 atom stereocenters. The van der Waals surface area contributed by atoms with E-state index in [9.17, 15) is 4.79 Å². The van der Waals surface area contributed by atoms with E-state index in [0.29, 0.717) is 0 Å². The molecule has 0 aliphatic carbocycles. The van der Waals surface area contributed by atoms with Crippen LogP contribution in [0.5, 0.6) is 0 Å². The second-order valence-corrected chi connectivity index (χ2v) is 5.58. The second kappa shape index (κ2) is 4.18. The van der Waals surface area contributed by atoms with Crippen LogP contribution >= 0.6 is 0 Å². The molecule has 1 rings (SSSR count). The zero-order valence-electron chi connectivity index (χ0n) is 11.0. The lowest BCUT2D eigenvalue weighted by atomic mass is 10.2. The third-order valence-electron chi connectivity index (χ3n) is 2.44. The van der Waals surface area contributed by atoms with Crippen LogP contribution in [-0.4, -0.2) is 40.8 Å². The van der Waals surface area contributed by atoms with Gasteiger partial charge >= 0.3 is 6.09 Å². The standard InChI is InChI=1S/C11H21N3O3/c1-10(2,3)17-9(15)14-7(8(12)13)6-16-11(14,4)5/h7H,6H2,1-5H3,(H3,12,13)/t7-/m0/s1. The minimum absolute atomic E-state index is 0.0959. The van der Waals surface area contributed by atoms with Crippen LogP contribution < -0.4 is 5.73 Å². The first-order valence-corrected chi connectivity index (χ1v) is 5.55. The molecule has 0 aromatic carbocycles. The molecule has 0 saturated carbocycles. The first-order chi connectivity index (χ1) is 7.54. The van der Waals surface area contributed by atoms with Crippen LogP contribution in [0.15, 0.2) is 0 Å². The number of nitrogens with one attached hydrogen (secondary N) is 1. The van der Waals surface area contributed by atoms with Gasteiger partial charge in [0, 0.05) is 0 Å². The van der Waals surface area contributed by atoms with Crippen molar-refractivity contribution >= 4 is 11.9 Å². The van der Waals surface area contributed by atoms with Crippen molar-refractivity contribution in [2.24, 2.45) is 5.73 Å². The molecule has 17 heavy (non-hydrogen) atoms. The third-order valence-corrected chi connectivity index (χ3v) is 2.44. The van der Waals surface area contributed by atoms with Gasteiger partial charge in [-0.15, -0.1) is 0 Å². The number of ether oxygens (including phenoxy) is 2. The van der Waals surface area contributed by atoms with E-state index in [1.165, 1.54) is 4.90 Å². The zero-order chi connectivity index (χ0) is 13.4. The summed E-state index contributed by atoms with van der Waals surface area (Å²) in [5.41, 5.74) is 4.07. The molecule has 1 amide bonds. The molecule has 6 heteroatoms. The van der Waals surface area contributed by atoms with Crippen LogP contribution in [0, 0.1) is 5.41 Å². The number of nitrogens with zero attached hydrogens (tertiary/aromatic N) is 1. The Balaban J connectivity index is 2.90. The first kappa shape index (κ1) is 13.8. The third kappa shape index (κ3) is 3.09. The molecule has 98 valence electrons.